The summed E-state index contributed by atoms with van der Waals surface area (Å²) in [5.41, 5.74) is 0. The Kier molecular flexibility index (Phi) is 64.0. The van der Waals surface area contributed by atoms with Crippen LogP contribution in [0.4, 0.5) is 0 Å². The van der Waals surface area contributed by atoms with E-state index in [0.717, 1.165) is 114 Å². The molecule has 0 aliphatic heterocycles. The van der Waals surface area contributed by atoms with E-state index in [4.69, 9.17) is 37.0 Å². The molecule has 0 radical (unpaired) electrons. The molecule has 17 nitrogen and oxygen atoms in total. The summed E-state index contributed by atoms with van der Waals surface area (Å²) >= 11 is 0. The van der Waals surface area contributed by atoms with E-state index in [1.54, 1.807) is 0 Å². The molecule has 95 heavy (non-hydrogen) atoms. The highest BCUT2D eigenvalue weighted by Gasteiger charge is 2.30. The number of esters is 4. The van der Waals surface area contributed by atoms with Gasteiger partial charge in [0, 0.05) is 25.7 Å². The first-order valence-electron chi connectivity index (χ1n) is 39.2. The molecular weight excluding hydrogens is 1250 g/mol. The molecule has 0 fully saturated rings. The molecule has 3 N–H and O–H groups in total. The van der Waals surface area contributed by atoms with E-state index in [1.807, 2.05) is 0 Å². The maximum absolute atomic E-state index is 13.1. The molecule has 0 aromatic rings. The lowest BCUT2D eigenvalue weighted by molar-refractivity contribution is -0.161. The Morgan fingerprint density at radius 2 is 0.505 bits per heavy atom. The Morgan fingerprint density at radius 3 is 0.747 bits per heavy atom. The summed E-state index contributed by atoms with van der Waals surface area (Å²) in [6.07, 6.45) is 50.0. The van der Waals surface area contributed by atoms with Crippen molar-refractivity contribution in [3.8, 4) is 0 Å². The van der Waals surface area contributed by atoms with Crippen molar-refractivity contribution < 1.29 is 80.2 Å². The predicted octanol–water partition coefficient (Wildman–Crippen LogP) is 22.0. The second kappa shape index (κ2) is 65.4. The lowest BCUT2D eigenvalue weighted by Crippen LogP contribution is -2.30. The van der Waals surface area contributed by atoms with Crippen molar-refractivity contribution in [3.05, 3.63) is 0 Å². The second-order valence-corrected chi connectivity index (χ2v) is 32.0. The summed E-state index contributed by atoms with van der Waals surface area (Å²) in [6.45, 7) is 14.2. The zero-order valence-electron chi connectivity index (χ0n) is 62.3. The van der Waals surface area contributed by atoms with Gasteiger partial charge in [-0.1, -0.05) is 331 Å². The number of rotatable bonds is 73. The Morgan fingerprint density at radius 1 is 0.295 bits per heavy atom. The average Bonchev–Trinajstić information content (AvgIpc) is 1.70. The fraction of sp³-hybridized carbons (Fsp3) is 0.947. The summed E-state index contributed by atoms with van der Waals surface area (Å²) in [6, 6.07) is 0. The maximum atomic E-state index is 13.1. The van der Waals surface area contributed by atoms with Crippen LogP contribution in [0.5, 0.6) is 0 Å². The van der Waals surface area contributed by atoms with E-state index < -0.39 is 97.5 Å². The lowest BCUT2D eigenvalue weighted by atomic mass is 9.99. The molecule has 0 rings (SSSR count). The molecule has 0 aliphatic rings. The van der Waals surface area contributed by atoms with Gasteiger partial charge in [0.05, 0.1) is 26.4 Å². The molecule has 0 bridgehead atoms. The molecular formula is C76H148O17P2. The third-order valence-corrected chi connectivity index (χ3v) is 19.8. The fourth-order valence-corrected chi connectivity index (χ4v) is 13.1. The Balaban J connectivity index is 5.25. The van der Waals surface area contributed by atoms with Crippen molar-refractivity contribution in [1.29, 1.82) is 0 Å². The molecule has 0 aliphatic carbocycles. The van der Waals surface area contributed by atoms with Crippen molar-refractivity contribution in [2.24, 2.45) is 23.7 Å². The third kappa shape index (κ3) is 69.0. The highest BCUT2D eigenvalue weighted by Crippen LogP contribution is 2.45. The zero-order chi connectivity index (χ0) is 70.3. The first kappa shape index (κ1) is 93.1. The van der Waals surface area contributed by atoms with Gasteiger partial charge in [-0.2, -0.15) is 0 Å². The van der Waals surface area contributed by atoms with Crippen molar-refractivity contribution >= 4 is 39.5 Å². The van der Waals surface area contributed by atoms with Crippen LogP contribution in [0.25, 0.3) is 0 Å². The van der Waals surface area contributed by atoms with Gasteiger partial charge in [0.15, 0.2) is 12.2 Å². The SMILES string of the molecule is CCC(C)CCCCCCCCCCC(=O)O[C@H](COC(=O)CCCCCCCCCC(C)C)COP(=O)(O)OCC(O)COP(=O)(O)OC[C@@H](COC(=O)CCCCCCCCCCCCCCCCC(C)C)OC(=O)CCCCCCCCCCCCCCCC(C)C. The van der Waals surface area contributed by atoms with Gasteiger partial charge in [-0.3, -0.25) is 37.3 Å². The molecule has 564 valence electrons. The van der Waals surface area contributed by atoms with Crippen LogP contribution in [0, 0.1) is 23.7 Å². The van der Waals surface area contributed by atoms with Gasteiger partial charge >= 0.3 is 39.5 Å². The zero-order valence-corrected chi connectivity index (χ0v) is 64.1. The summed E-state index contributed by atoms with van der Waals surface area (Å²) < 4.78 is 68.5. The van der Waals surface area contributed by atoms with Gasteiger partial charge < -0.3 is 33.8 Å². The molecule has 0 amide bonds. The normalized spacial score (nSPS) is 14.4. The Hall–Kier alpha value is -1.94. The largest absolute Gasteiger partial charge is 0.472 e. The molecule has 0 saturated heterocycles. The topological polar surface area (TPSA) is 237 Å². The summed E-state index contributed by atoms with van der Waals surface area (Å²) in [5, 5.41) is 10.6. The number of aliphatic hydroxyl groups excluding tert-OH is 1. The smallest absolute Gasteiger partial charge is 0.462 e. The molecule has 0 spiro atoms. The van der Waals surface area contributed by atoms with E-state index in [0.29, 0.717) is 31.6 Å². The molecule has 0 heterocycles. The number of phosphoric acid groups is 2. The number of phosphoric ester groups is 2. The predicted molar refractivity (Wildman–Crippen MR) is 386 cm³/mol. The summed E-state index contributed by atoms with van der Waals surface area (Å²) in [7, 11) is -9.91. The quantitative estimate of drug-likeness (QED) is 0.0222. The number of ether oxygens (including phenoxy) is 4. The van der Waals surface area contributed by atoms with Crippen LogP contribution in [0.2, 0.25) is 0 Å². The standard InChI is InChI=1S/C76H148O17P2/c1-9-69(8)55-47-39-31-25-26-34-43-51-59-76(81)93-72(63-87-74(79)57-49-41-35-27-30-38-46-54-68(6)7)65-91-95(84,85)89-61-70(77)60-88-94(82,83)90-64-71(92-75(80)58-50-42-33-24-20-16-12-14-18-22-29-37-45-53-67(4)5)62-86-73(78)56-48-40-32-23-19-15-11-10-13-17-21-28-36-44-52-66(2)3/h66-72,77H,9-65H2,1-8H3,(H,82,83)(H,84,85)/t69?,70?,71-,72-/m1/s1. The van der Waals surface area contributed by atoms with Crippen LogP contribution in [-0.2, 0) is 65.4 Å². The van der Waals surface area contributed by atoms with E-state index in [2.05, 4.69) is 55.4 Å². The van der Waals surface area contributed by atoms with E-state index in [9.17, 15) is 43.2 Å². The van der Waals surface area contributed by atoms with Gasteiger partial charge in [0.25, 0.3) is 0 Å². The van der Waals surface area contributed by atoms with Gasteiger partial charge in [-0.25, -0.2) is 9.13 Å². The molecule has 19 heteroatoms. The summed E-state index contributed by atoms with van der Waals surface area (Å²) in [4.78, 5) is 72.8. The molecule has 0 saturated carbocycles. The Bertz CT molecular complexity index is 1870. The van der Waals surface area contributed by atoms with Gasteiger partial charge in [-0.15, -0.1) is 0 Å². The second-order valence-electron chi connectivity index (χ2n) is 29.1. The summed E-state index contributed by atoms with van der Waals surface area (Å²) in [5.74, 6) is 0.938. The van der Waals surface area contributed by atoms with Crippen LogP contribution >= 0.6 is 15.6 Å². The first-order chi connectivity index (χ1) is 45.6. The number of carbonyl (C=O) groups excluding carboxylic acids is 4. The van der Waals surface area contributed by atoms with E-state index in [-0.39, 0.29) is 25.7 Å². The average molecular weight is 1400 g/mol. The minimum atomic E-state index is -4.96. The third-order valence-electron chi connectivity index (χ3n) is 17.9. The van der Waals surface area contributed by atoms with Crippen LogP contribution < -0.4 is 0 Å². The van der Waals surface area contributed by atoms with Crippen molar-refractivity contribution in [1.82, 2.24) is 0 Å². The number of unbranched alkanes of at least 4 members (excludes halogenated alkanes) is 38. The van der Waals surface area contributed by atoms with E-state index >= 15 is 0 Å². The highest BCUT2D eigenvalue weighted by molar-refractivity contribution is 7.47. The highest BCUT2D eigenvalue weighted by atomic mass is 31.2. The maximum Gasteiger partial charge on any atom is 0.472 e. The Labute approximate surface area is 581 Å². The van der Waals surface area contributed by atoms with Crippen LogP contribution in [0.1, 0.15) is 383 Å². The molecule has 0 aromatic heterocycles. The number of aliphatic hydroxyl groups is 1. The molecule has 4 unspecified atom stereocenters. The van der Waals surface area contributed by atoms with Gasteiger partial charge in [-0.05, 0) is 49.4 Å². The van der Waals surface area contributed by atoms with Crippen LogP contribution in [-0.4, -0.2) is 96.7 Å². The van der Waals surface area contributed by atoms with Crippen molar-refractivity contribution in [2.45, 2.75) is 401 Å². The van der Waals surface area contributed by atoms with Crippen molar-refractivity contribution in [2.75, 3.05) is 39.6 Å². The van der Waals surface area contributed by atoms with Gasteiger partial charge in [0.2, 0.25) is 0 Å². The molecule has 6 atom stereocenters. The number of hydrogen-bond donors (Lipinski definition) is 3. The monoisotopic (exact) mass is 1400 g/mol. The first-order valence-corrected chi connectivity index (χ1v) is 42.2. The van der Waals surface area contributed by atoms with E-state index in [1.165, 1.54) is 180 Å². The number of carbonyl (C=O) groups is 4. The van der Waals surface area contributed by atoms with Crippen LogP contribution in [0.3, 0.4) is 0 Å². The van der Waals surface area contributed by atoms with Gasteiger partial charge in [0.1, 0.15) is 19.3 Å². The minimum Gasteiger partial charge on any atom is -0.462 e. The van der Waals surface area contributed by atoms with Crippen LogP contribution in [0.15, 0.2) is 0 Å². The minimum absolute atomic E-state index is 0.104. The molecule has 0 aromatic carbocycles. The van der Waals surface area contributed by atoms with Crippen molar-refractivity contribution in [3.63, 3.8) is 0 Å². The number of hydrogen-bond acceptors (Lipinski definition) is 15. The lowest BCUT2D eigenvalue weighted by Gasteiger charge is -2.21. The fourth-order valence-electron chi connectivity index (χ4n) is 11.5.